The Bertz CT molecular complexity index is 321. The zero-order chi connectivity index (χ0) is 13.8. The highest BCUT2D eigenvalue weighted by Crippen LogP contribution is 2.30. The minimum absolute atomic E-state index is 0.127. The molecule has 1 amide bonds. The SMILES string of the molecule is CC(C)(C)OC(=O)NCCCC1(C)CCC(=O)O1. The molecule has 1 heterocycles. The number of alkyl carbamates (subject to hydrolysis) is 1. The molecule has 0 spiro atoms. The average molecular weight is 257 g/mol. The second kappa shape index (κ2) is 5.59. The van der Waals surface area contributed by atoms with Crippen LogP contribution in [0.25, 0.3) is 0 Å². The Hall–Kier alpha value is -1.26. The summed E-state index contributed by atoms with van der Waals surface area (Å²) < 4.78 is 10.4. The van der Waals surface area contributed by atoms with Gasteiger partial charge in [0.05, 0.1) is 0 Å². The largest absolute Gasteiger partial charge is 0.459 e. The number of hydrogen-bond donors (Lipinski definition) is 1. The van der Waals surface area contributed by atoms with E-state index in [0.717, 1.165) is 19.3 Å². The van der Waals surface area contributed by atoms with Crippen molar-refractivity contribution < 1.29 is 19.1 Å². The standard InChI is InChI=1S/C13H23NO4/c1-12(2,3)18-11(16)14-9-5-7-13(4)8-6-10(15)17-13/h5-9H2,1-4H3,(H,14,16). The lowest BCUT2D eigenvalue weighted by molar-refractivity contribution is -0.147. The summed E-state index contributed by atoms with van der Waals surface area (Å²) in [6.07, 6.45) is 2.38. The minimum atomic E-state index is -0.475. The first-order valence-electron chi connectivity index (χ1n) is 6.39. The van der Waals surface area contributed by atoms with Gasteiger partial charge >= 0.3 is 12.1 Å². The fraction of sp³-hybridized carbons (Fsp3) is 0.846. The maximum Gasteiger partial charge on any atom is 0.407 e. The molecule has 5 heteroatoms. The quantitative estimate of drug-likeness (QED) is 0.620. The Morgan fingerprint density at radius 3 is 2.67 bits per heavy atom. The molecule has 0 bridgehead atoms. The molecule has 5 nitrogen and oxygen atoms in total. The van der Waals surface area contributed by atoms with Crippen molar-refractivity contribution in [3.8, 4) is 0 Å². The van der Waals surface area contributed by atoms with Gasteiger partial charge in [-0.1, -0.05) is 0 Å². The lowest BCUT2D eigenvalue weighted by atomic mass is 9.97. The van der Waals surface area contributed by atoms with Crippen LogP contribution in [-0.2, 0) is 14.3 Å². The first kappa shape index (κ1) is 14.8. The Balaban J connectivity index is 2.15. The normalized spacial score (nSPS) is 23.7. The van der Waals surface area contributed by atoms with Gasteiger partial charge in [0.1, 0.15) is 11.2 Å². The van der Waals surface area contributed by atoms with Gasteiger partial charge in [-0.05, 0) is 47.0 Å². The van der Waals surface area contributed by atoms with Gasteiger partial charge in [-0.3, -0.25) is 4.79 Å². The molecule has 18 heavy (non-hydrogen) atoms. The fourth-order valence-corrected chi connectivity index (χ4v) is 1.89. The number of rotatable bonds is 4. The van der Waals surface area contributed by atoms with Crippen molar-refractivity contribution in [2.45, 2.75) is 64.6 Å². The predicted molar refractivity (Wildman–Crippen MR) is 67.2 cm³/mol. The van der Waals surface area contributed by atoms with Crippen molar-refractivity contribution in [3.63, 3.8) is 0 Å². The van der Waals surface area contributed by atoms with Gasteiger partial charge in [-0.2, -0.15) is 0 Å². The Morgan fingerprint density at radius 2 is 2.17 bits per heavy atom. The monoisotopic (exact) mass is 257 g/mol. The highest BCUT2D eigenvalue weighted by molar-refractivity contribution is 5.72. The van der Waals surface area contributed by atoms with Crippen LogP contribution in [0.3, 0.4) is 0 Å². The van der Waals surface area contributed by atoms with Crippen LogP contribution in [0, 0.1) is 0 Å². The van der Waals surface area contributed by atoms with Crippen molar-refractivity contribution in [2.75, 3.05) is 6.54 Å². The van der Waals surface area contributed by atoms with Gasteiger partial charge in [0.15, 0.2) is 0 Å². The van der Waals surface area contributed by atoms with Crippen molar-refractivity contribution in [1.29, 1.82) is 0 Å². The number of carbonyl (C=O) groups excluding carboxylic acids is 2. The van der Waals surface area contributed by atoms with E-state index in [1.54, 1.807) is 0 Å². The number of esters is 1. The lowest BCUT2D eigenvalue weighted by Gasteiger charge is -2.23. The Kier molecular flexibility index (Phi) is 4.59. The van der Waals surface area contributed by atoms with Gasteiger partial charge in [0.25, 0.3) is 0 Å². The number of hydrogen-bond acceptors (Lipinski definition) is 4. The molecular weight excluding hydrogens is 234 g/mol. The van der Waals surface area contributed by atoms with E-state index in [-0.39, 0.29) is 11.6 Å². The summed E-state index contributed by atoms with van der Waals surface area (Å²) in [6, 6.07) is 0. The third-order valence-corrected chi connectivity index (χ3v) is 2.77. The predicted octanol–water partition coefficient (Wildman–Crippen LogP) is 2.39. The van der Waals surface area contributed by atoms with Crippen LogP contribution in [0.4, 0.5) is 4.79 Å². The van der Waals surface area contributed by atoms with Gasteiger partial charge in [0.2, 0.25) is 0 Å². The molecule has 1 unspecified atom stereocenters. The van der Waals surface area contributed by atoms with Gasteiger partial charge in [-0.15, -0.1) is 0 Å². The van der Waals surface area contributed by atoms with Crippen LogP contribution >= 0.6 is 0 Å². The number of ether oxygens (including phenoxy) is 2. The molecule has 0 aromatic heterocycles. The highest BCUT2D eigenvalue weighted by Gasteiger charge is 2.34. The first-order chi connectivity index (χ1) is 8.20. The van der Waals surface area contributed by atoms with Gasteiger partial charge in [0, 0.05) is 13.0 Å². The molecule has 0 saturated carbocycles. The van der Waals surface area contributed by atoms with E-state index in [1.165, 1.54) is 0 Å². The molecule has 104 valence electrons. The maximum atomic E-state index is 11.4. The second-order valence-corrected chi connectivity index (χ2v) is 5.96. The van der Waals surface area contributed by atoms with E-state index in [2.05, 4.69) is 5.32 Å². The summed E-state index contributed by atoms with van der Waals surface area (Å²) in [5.41, 5.74) is -0.830. The zero-order valence-electron chi connectivity index (χ0n) is 11.7. The summed E-state index contributed by atoms with van der Waals surface area (Å²) in [7, 11) is 0. The third kappa shape index (κ3) is 5.38. The van der Waals surface area contributed by atoms with E-state index >= 15 is 0 Å². The number of cyclic esters (lactones) is 1. The minimum Gasteiger partial charge on any atom is -0.459 e. The van der Waals surface area contributed by atoms with E-state index in [1.807, 2.05) is 27.7 Å². The lowest BCUT2D eigenvalue weighted by Crippen LogP contribution is -2.34. The van der Waals surface area contributed by atoms with E-state index in [9.17, 15) is 9.59 Å². The molecule has 1 aliphatic rings. The molecule has 0 aromatic carbocycles. The van der Waals surface area contributed by atoms with Crippen LogP contribution in [0.15, 0.2) is 0 Å². The number of carbonyl (C=O) groups is 2. The molecule has 0 aromatic rings. The van der Waals surface area contributed by atoms with Crippen LogP contribution in [0.2, 0.25) is 0 Å². The molecule has 0 radical (unpaired) electrons. The Labute approximate surface area is 108 Å². The first-order valence-corrected chi connectivity index (χ1v) is 6.39. The summed E-state index contributed by atoms with van der Waals surface area (Å²) in [5, 5.41) is 2.69. The summed E-state index contributed by atoms with van der Waals surface area (Å²) in [5.74, 6) is -0.127. The molecule has 1 aliphatic heterocycles. The number of nitrogens with one attached hydrogen (secondary N) is 1. The molecule has 1 fully saturated rings. The van der Waals surface area contributed by atoms with Crippen LogP contribution in [0.1, 0.15) is 53.4 Å². The van der Waals surface area contributed by atoms with Gasteiger partial charge in [-0.25, -0.2) is 4.79 Å². The van der Waals surface area contributed by atoms with Crippen LogP contribution < -0.4 is 5.32 Å². The topological polar surface area (TPSA) is 64.6 Å². The smallest absolute Gasteiger partial charge is 0.407 e. The van der Waals surface area contributed by atoms with Crippen LogP contribution in [-0.4, -0.2) is 29.8 Å². The van der Waals surface area contributed by atoms with Gasteiger partial charge < -0.3 is 14.8 Å². The van der Waals surface area contributed by atoms with Crippen molar-refractivity contribution in [2.24, 2.45) is 0 Å². The zero-order valence-corrected chi connectivity index (χ0v) is 11.7. The number of amides is 1. The molecule has 0 aliphatic carbocycles. The van der Waals surface area contributed by atoms with Crippen molar-refractivity contribution >= 4 is 12.1 Å². The molecule has 1 N–H and O–H groups in total. The molecular formula is C13H23NO4. The second-order valence-electron chi connectivity index (χ2n) is 5.96. The van der Waals surface area contributed by atoms with Crippen molar-refractivity contribution in [1.82, 2.24) is 5.32 Å². The molecule has 1 saturated heterocycles. The summed E-state index contributed by atoms with van der Waals surface area (Å²) >= 11 is 0. The summed E-state index contributed by atoms with van der Waals surface area (Å²) in [4.78, 5) is 22.4. The third-order valence-electron chi connectivity index (χ3n) is 2.77. The average Bonchev–Trinajstić information content (AvgIpc) is 2.52. The summed E-state index contributed by atoms with van der Waals surface area (Å²) in [6.45, 7) is 7.94. The van der Waals surface area contributed by atoms with Crippen molar-refractivity contribution in [3.05, 3.63) is 0 Å². The van der Waals surface area contributed by atoms with E-state index in [0.29, 0.717) is 13.0 Å². The highest BCUT2D eigenvalue weighted by atomic mass is 16.6. The van der Waals surface area contributed by atoms with E-state index < -0.39 is 11.7 Å². The molecule has 1 atom stereocenters. The van der Waals surface area contributed by atoms with Crippen LogP contribution in [0.5, 0.6) is 0 Å². The van der Waals surface area contributed by atoms with E-state index in [4.69, 9.17) is 9.47 Å². The fourth-order valence-electron chi connectivity index (χ4n) is 1.89. The Morgan fingerprint density at radius 1 is 1.50 bits per heavy atom. The maximum absolute atomic E-state index is 11.4. The molecule has 1 rings (SSSR count).